The molecule has 0 unspecified atom stereocenters. The topological polar surface area (TPSA) is 33.2 Å². The average molecular weight is 314 g/mol. The van der Waals surface area contributed by atoms with E-state index in [4.69, 9.17) is 4.98 Å². The molecule has 4 heteroatoms. The minimum atomic E-state index is -0.201. The second kappa shape index (κ2) is 6.61. The molecule has 1 amide bonds. The zero-order chi connectivity index (χ0) is 15.5. The Hall–Kier alpha value is -1.68. The first-order chi connectivity index (χ1) is 10.7. The molecular formula is C18H22N2OS. The van der Waals surface area contributed by atoms with Gasteiger partial charge in [-0.1, -0.05) is 25.1 Å². The molecule has 22 heavy (non-hydrogen) atoms. The van der Waals surface area contributed by atoms with Crippen molar-refractivity contribution in [2.24, 2.45) is 5.92 Å². The minimum absolute atomic E-state index is 0.0926. The minimum Gasteiger partial charge on any atom is -0.342 e. The van der Waals surface area contributed by atoms with Crippen molar-refractivity contribution in [2.45, 2.75) is 32.1 Å². The third-order valence-electron chi connectivity index (χ3n) is 4.41. The largest absolute Gasteiger partial charge is 0.342 e. The Balaban J connectivity index is 1.94. The van der Waals surface area contributed by atoms with Gasteiger partial charge in [-0.2, -0.15) is 0 Å². The van der Waals surface area contributed by atoms with Crippen LogP contribution in [-0.2, 0) is 4.79 Å². The van der Waals surface area contributed by atoms with Crippen molar-refractivity contribution in [1.29, 1.82) is 0 Å². The molecule has 3 rings (SSSR count). The van der Waals surface area contributed by atoms with Gasteiger partial charge >= 0.3 is 0 Å². The molecule has 0 aliphatic carbocycles. The summed E-state index contributed by atoms with van der Waals surface area (Å²) >= 11 is 1.64. The number of para-hydroxylation sites is 1. The van der Waals surface area contributed by atoms with Crippen molar-refractivity contribution >= 4 is 27.5 Å². The van der Waals surface area contributed by atoms with Crippen molar-refractivity contribution in [3.8, 4) is 0 Å². The van der Waals surface area contributed by atoms with E-state index in [2.05, 4.69) is 19.6 Å². The smallest absolute Gasteiger partial charge is 0.233 e. The Morgan fingerprint density at radius 3 is 2.73 bits per heavy atom. The fourth-order valence-electron chi connectivity index (χ4n) is 3.03. The third kappa shape index (κ3) is 2.93. The van der Waals surface area contributed by atoms with Gasteiger partial charge in [0.25, 0.3) is 0 Å². The highest BCUT2D eigenvalue weighted by Crippen LogP contribution is 2.34. The van der Waals surface area contributed by atoms with Gasteiger partial charge in [0.15, 0.2) is 0 Å². The van der Waals surface area contributed by atoms with Crippen LogP contribution in [0.25, 0.3) is 10.2 Å². The summed E-state index contributed by atoms with van der Waals surface area (Å²) in [5.41, 5.74) is 0.982. The number of likely N-dealkylation sites (tertiary alicyclic amines) is 1. The number of thiazole rings is 1. The van der Waals surface area contributed by atoms with Crippen LogP contribution in [0.2, 0.25) is 0 Å². The SMILES string of the molecule is C=C[C@H](C)[C@H](C(=O)N1CCCCC1)c1nc2ccccc2s1. The standard InChI is InChI=1S/C18H22N2OS/c1-3-13(2)16(18(21)20-11-7-4-8-12-20)17-19-14-9-5-6-10-15(14)22-17/h3,5-6,9-10,13,16H,1,4,7-8,11-12H2,2H3/t13-,16-/m0/s1. The van der Waals surface area contributed by atoms with E-state index in [1.54, 1.807) is 11.3 Å². The summed E-state index contributed by atoms with van der Waals surface area (Å²) in [6.07, 6.45) is 5.33. The summed E-state index contributed by atoms with van der Waals surface area (Å²) in [5, 5.41) is 0.921. The van der Waals surface area contributed by atoms with E-state index in [9.17, 15) is 4.79 Å². The van der Waals surface area contributed by atoms with Crippen LogP contribution in [0, 0.1) is 5.92 Å². The van der Waals surface area contributed by atoms with E-state index >= 15 is 0 Å². The molecule has 0 N–H and O–H groups in total. The molecule has 1 fully saturated rings. The Kier molecular flexibility index (Phi) is 4.57. The van der Waals surface area contributed by atoms with Crippen molar-refractivity contribution in [2.75, 3.05) is 13.1 Å². The predicted molar refractivity (Wildman–Crippen MR) is 92.2 cm³/mol. The van der Waals surface area contributed by atoms with Gasteiger partial charge in [-0.3, -0.25) is 4.79 Å². The molecule has 0 saturated carbocycles. The number of piperidine rings is 1. The first kappa shape index (κ1) is 15.2. The van der Waals surface area contributed by atoms with E-state index in [1.165, 1.54) is 6.42 Å². The number of nitrogens with zero attached hydrogens (tertiary/aromatic N) is 2. The first-order valence-electron chi connectivity index (χ1n) is 7.97. The van der Waals surface area contributed by atoms with Crippen molar-refractivity contribution in [3.05, 3.63) is 41.9 Å². The highest BCUT2D eigenvalue weighted by atomic mass is 32.1. The zero-order valence-electron chi connectivity index (χ0n) is 13.0. The monoisotopic (exact) mass is 314 g/mol. The Bertz CT molecular complexity index is 640. The van der Waals surface area contributed by atoms with Gasteiger partial charge in [0.2, 0.25) is 5.91 Å². The van der Waals surface area contributed by atoms with Crippen LogP contribution in [-0.4, -0.2) is 28.9 Å². The number of rotatable bonds is 4. The van der Waals surface area contributed by atoms with Crippen molar-refractivity contribution in [1.82, 2.24) is 9.88 Å². The van der Waals surface area contributed by atoms with Gasteiger partial charge in [-0.25, -0.2) is 4.98 Å². The number of benzene rings is 1. The zero-order valence-corrected chi connectivity index (χ0v) is 13.8. The fraction of sp³-hybridized carbons (Fsp3) is 0.444. The molecule has 1 aromatic heterocycles. The summed E-state index contributed by atoms with van der Waals surface area (Å²) < 4.78 is 1.14. The molecule has 2 aromatic rings. The molecule has 3 nitrogen and oxygen atoms in total. The summed E-state index contributed by atoms with van der Waals surface area (Å²) in [4.78, 5) is 19.8. The average Bonchev–Trinajstić information content (AvgIpc) is 2.99. The van der Waals surface area contributed by atoms with Crippen LogP contribution in [0.3, 0.4) is 0 Å². The number of amides is 1. The van der Waals surface area contributed by atoms with E-state index in [0.29, 0.717) is 0 Å². The van der Waals surface area contributed by atoms with Crippen LogP contribution < -0.4 is 0 Å². The number of hydrogen-bond donors (Lipinski definition) is 0. The molecule has 0 radical (unpaired) electrons. The van der Waals surface area contributed by atoms with Crippen LogP contribution >= 0.6 is 11.3 Å². The maximum absolute atomic E-state index is 13.0. The lowest BCUT2D eigenvalue weighted by Gasteiger charge is -2.31. The predicted octanol–water partition coefficient (Wildman–Crippen LogP) is 4.21. The van der Waals surface area contributed by atoms with Gasteiger partial charge in [0.1, 0.15) is 5.01 Å². The number of carbonyl (C=O) groups is 1. The third-order valence-corrected chi connectivity index (χ3v) is 5.53. The molecule has 1 aliphatic heterocycles. The Morgan fingerprint density at radius 1 is 1.32 bits per heavy atom. The molecule has 2 heterocycles. The van der Waals surface area contributed by atoms with Crippen LogP contribution in [0.1, 0.15) is 37.1 Å². The Labute approximate surface area is 135 Å². The highest BCUT2D eigenvalue weighted by molar-refractivity contribution is 7.18. The molecule has 1 saturated heterocycles. The molecule has 116 valence electrons. The summed E-state index contributed by atoms with van der Waals surface area (Å²) in [7, 11) is 0. The van der Waals surface area contributed by atoms with Gasteiger partial charge < -0.3 is 4.90 Å². The number of aromatic nitrogens is 1. The lowest BCUT2D eigenvalue weighted by Crippen LogP contribution is -2.40. The van der Waals surface area contributed by atoms with Gasteiger partial charge in [0.05, 0.1) is 16.1 Å². The number of allylic oxidation sites excluding steroid dienone is 1. The van der Waals surface area contributed by atoms with Gasteiger partial charge in [-0.05, 0) is 37.3 Å². The van der Waals surface area contributed by atoms with Crippen LogP contribution in [0.15, 0.2) is 36.9 Å². The van der Waals surface area contributed by atoms with Crippen molar-refractivity contribution < 1.29 is 4.79 Å². The molecule has 1 aromatic carbocycles. The quantitative estimate of drug-likeness (QED) is 0.792. The first-order valence-corrected chi connectivity index (χ1v) is 8.79. The van der Waals surface area contributed by atoms with E-state index in [0.717, 1.165) is 41.2 Å². The van der Waals surface area contributed by atoms with E-state index in [-0.39, 0.29) is 17.7 Å². The highest BCUT2D eigenvalue weighted by Gasteiger charge is 2.32. The van der Waals surface area contributed by atoms with Gasteiger partial charge in [-0.15, -0.1) is 17.9 Å². The summed E-state index contributed by atoms with van der Waals surface area (Å²) in [5.74, 6) is 0.106. The molecule has 0 bridgehead atoms. The Morgan fingerprint density at radius 2 is 2.05 bits per heavy atom. The molecule has 0 spiro atoms. The van der Waals surface area contributed by atoms with Crippen LogP contribution in [0.4, 0.5) is 0 Å². The lowest BCUT2D eigenvalue weighted by atomic mass is 9.92. The summed E-state index contributed by atoms with van der Waals surface area (Å²) in [6, 6.07) is 8.08. The molecular weight excluding hydrogens is 292 g/mol. The van der Waals surface area contributed by atoms with Crippen LogP contribution in [0.5, 0.6) is 0 Å². The van der Waals surface area contributed by atoms with E-state index < -0.39 is 0 Å². The van der Waals surface area contributed by atoms with Gasteiger partial charge in [0, 0.05) is 13.1 Å². The maximum atomic E-state index is 13.0. The van der Waals surface area contributed by atoms with Crippen molar-refractivity contribution in [3.63, 3.8) is 0 Å². The number of hydrogen-bond acceptors (Lipinski definition) is 3. The fourth-order valence-corrected chi connectivity index (χ4v) is 4.20. The second-order valence-corrected chi connectivity index (χ2v) is 7.04. The second-order valence-electron chi connectivity index (χ2n) is 5.98. The maximum Gasteiger partial charge on any atom is 0.233 e. The summed E-state index contributed by atoms with van der Waals surface area (Å²) in [6.45, 7) is 7.71. The normalized spacial score (nSPS) is 18.1. The lowest BCUT2D eigenvalue weighted by molar-refractivity contribution is -0.134. The number of carbonyl (C=O) groups excluding carboxylic acids is 1. The number of fused-ring (bicyclic) bond motifs is 1. The molecule has 1 aliphatic rings. The van der Waals surface area contributed by atoms with E-state index in [1.807, 2.05) is 29.2 Å². The molecule has 2 atom stereocenters.